The van der Waals surface area contributed by atoms with Crippen LogP contribution in [-0.4, -0.2) is 34.1 Å². The predicted molar refractivity (Wildman–Crippen MR) is 65.5 cm³/mol. The van der Waals surface area contributed by atoms with Crippen LogP contribution in [0.2, 0.25) is 0 Å². The number of carbonyl (C=O) groups is 1. The lowest BCUT2D eigenvalue weighted by Crippen LogP contribution is -2.28. The molecule has 2 atom stereocenters. The molecule has 0 spiro atoms. The van der Waals surface area contributed by atoms with E-state index in [1.165, 1.54) is 0 Å². The molecule has 2 unspecified atom stereocenters. The summed E-state index contributed by atoms with van der Waals surface area (Å²) in [6, 6.07) is 0. The van der Waals surface area contributed by atoms with E-state index in [1.54, 1.807) is 12.4 Å². The second-order valence-electron chi connectivity index (χ2n) is 4.22. The molecule has 1 aliphatic rings. The Balaban J connectivity index is 2.06. The van der Waals surface area contributed by atoms with E-state index in [4.69, 9.17) is 0 Å². The molecule has 1 saturated heterocycles. The zero-order chi connectivity index (χ0) is 12.3. The van der Waals surface area contributed by atoms with Crippen molar-refractivity contribution in [1.82, 2.24) is 15.3 Å². The molecule has 6 heteroatoms. The van der Waals surface area contributed by atoms with Crippen molar-refractivity contribution in [1.29, 1.82) is 0 Å². The molecule has 2 N–H and O–H groups in total. The molecule has 0 aliphatic carbocycles. The Labute approximate surface area is 108 Å². The van der Waals surface area contributed by atoms with Crippen LogP contribution in [0.15, 0.2) is 16.9 Å². The van der Waals surface area contributed by atoms with Gasteiger partial charge in [-0.1, -0.05) is 0 Å². The van der Waals surface area contributed by atoms with Gasteiger partial charge < -0.3 is 10.4 Å². The number of hydrogen-bond acceptors (Lipinski definition) is 4. The maximum atomic E-state index is 11.3. The Morgan fingerprint density at radius 1 is 1.59 bits per heavy atom. The first-order valence-electron chi connectivity index (χ1n) is 5.57. The van der Waals surface area contributed by atoms with Crippen molar-refractivity contribution in [3.8, 4) is 0 Å². The SMILES string of the molecule is O=C(O)C(Cc1ncc(Br)cn1)C1CCNC1. The number of nitrogens with one attached hydrogen (secondary N) is 1. The lowest BCUT2D eigenvalue weighted by Gasteiger charge is -2.17. The molecule has 0 bridgehead atoms. The van der Waals surface area contributed by atoms with Gasteiger partial charge in [-0.15, -0.1) is 0 Å². The summed E-state index contributed by atoms with van der Waals surface area (Å²) < 4.78 is 0.802. The van der Waals surface area contributed by atoms with Crippen LogP contribution < -0.4 is 5.32 Å². The molecule has 1 aromatic rings. The van der Waals surface area contributed by atoms with Crippen molar-refractivity contribution in [2.24, 2.45) is 11.8 Å². The molecule has 2 heterocycles. The molecule has 1 fully saturated rings. The lowest BCUT2D eigenvalue weighted by molar-refractivity contribution is -0.143. The summed E-state index contributed by atoms with van der Waals surface area (Å²) in [5.41, 5.74) is 0. The van der Waals surface area contributed by atoms with Crippen molar-refractivity contribution in [3.05, 3.63) is 22.7 Å². The highest BCUT2D eigenvalue weighted by Crippen LogP contribution is 2.22. The summed E-state index contributed by atoms with van der Waals surface area (Å²) >= 11 is 3.26. The van der Waals surface area contributed by atoms with Crippen LogP contribution in [0.1, 0.15) is 12.2 Å². The number of carboxylic acids is 1. The first-order valence-corrected chi connectivity index (χ1v) is 6.36. The fourth-order valence-electron chi connectivity index (χ4n) is 2.12. The van der Waals surface area contributed by atoms with Crippen LogP contribution in [0.3, 0.4) is 0 Å². The van der Waals surface area contributed by atoms with Gasteiger partial charge in [-0.2, -0.15) is 0 Å². The van der Waals surface area contributed by atoms with E-state index in [0.29, 0.717) is 12.2 Å². The highest BCUT2D eigenvalue weighted by atomic mass is 79.9. The molecule has 0 radical (unpaired) electrons. The zero-order valence-corrected chi connectivity index (χ0v) is 10.9. The largest absolute Gasteiger partial charge is 0.481 e. The van der Waals surface area contributed by atoms with Crippen LogP contribution in [0.25, 0.3) is 0 Å². The maximum Gasteiger partial charge on any atom is 0.307 e. The second-order valence-corrected chi connectivity index (χ2v) is 5.13. The van der Waals surface area contributed by atoms with Gasteiger partial charge in [0.1, 0.15) is 5.82 Å². The summed E-state index contributed by atoms with van der Waals surface area (Å²) in [7, 11) is 0. The summed E-state index contributed by atoms with van der Waals surface area (Å²) in [4.78, 5) is 19.5. The van der Waals surface area contributed by atoms with Crippen molar-refractivity contribution in [2.45, 2.75) is 12.8 Å². The third-order valence-corrected chi connectivity index (χ3v) is 3.47. The van der Waals surface area contributed by atoms with Gasteiger partial charge in [0.05, 0.1) is 10.4 Å². The van der Waals surface area contributed by atoms with Gasteiger partial charge in [0.15, 0.2) is 0 Å². The summed E-state index contributed by atoms with van der Waals surface area (Å²) in [5.74, 6) is -0.386. The van der Waals surface area contributed by atoms with Crippen LogP contribution >= 0.6 is 15.9 Å². The Kier molecular flexibility index (Phi) is 4.06. The summed E-state index contributed by atoms with van der Waals surface area (Å²) in [6.07, 6.45) is 4.60. The fraction of sp³-hybridized carbons (Fsp3) is 0.545. The molecule has 0 amide bonds. The van der Waals surface area contributed by atoms with Gasteiger partial charge in [-0.05, 0) is 41.4 Å². The van der Waals surface area contributed by atoms with Crippen molar-refractivity contribution >= 4 is 21.9 Å². The van der Waals surface area contributed by atoms with Gasteiger partial charge >= 0.3 is 5.97 Å². The van der Waals surface area contributed by atoms with Crippen LogP contribution in [0.4, 0.5) is 0 Å². The van der Waals surface area contributed by atoms with E-state index < -0.39 is 11.9 Å². The number of hydrogen-bond donors (Lipinski definition) is 2. The van der Waals surface area contributed by atoms with Crippen LogP contribution in [-0.2, 0) is 11.2 Å². The minimum atomic E-state index is -0.759. The maximum absolute atomic E-state index is 11.3. The minimum absolute atomic E-state index is 0.180. The second kappa shape index (κ2) is 5.55. The third kappa shape index (κ3) is 3.23. The average Bonchev–Trinajstić information content (AvgIpc) is 2.81. The fourth-order valence-corrected chi connectivity index (χ4v) is 2.32. The summed E-state index contributed by atoms with van der Waals surface area (Å²) in [5, 5.41) is 12.4. The van der Waals surface area contributed by atoms with Gasteiger partial charge in [-0.25, -0.2) is 9.97 Å². The van der Waals surface area contributed by atoms with Crippen LogP contribution in [0.5, 0.6) is 0 Å². The average molecular weight is 300 g/mol. The van der Waals surface area contributed by atoms with Crippen molar-refractivity contribution < 1.29 is 9.90 Å². The number of carboxylic acid groups (broad SMARTS) is 1. The van der Waals surface area contributed by atoms with Crippen LogP contribution in [0, 0.1) is 11.8 Å². The first-order chi connectivity index (χ1) is 8.16. The number of halogens is 1. The lowest BCUT2D eigenvalue weighted by atomic mass is 9.88. The molecule has 5 nitrogen and oxygen atoms in total. The molecular weight excluding hydrogens is 286 g/mol. The van der Waals surface area contributed by atoms with E-state index in [-0.39, 0.29) is 5.92 Å². The quantitative estimate of drug-likeness (QED) is 0.870. The van der Waals surface area contributed by atoms with E-state index in [1.807, 2.05) is 0 Å². The topological polar surface area (TPSA) is 75.1 Å². The van der Waals surface area contributed by atoms with Crippen molar-refractivity contribution in [3.63, 3.8) is 0 Å². The standard InChI is InChI=1S/C11H14BrN3O2/c12-8-5-14-10(15-6-8)3-9(11(16)17)7-1-2-13-4-7/h5-7,9,13H,1-4H2,(H,16,17). The summed E-state index contributed by atoms with van der Waals surface area (Å²) in [6.45, 7) is 1.67. The monoisotopic (exact) mass is 299 g/mol. The first kappa shape index (κ1) is 12.4. The van der Waals surface area contributed by atoms with E-state index in [9.17, 15) is 9.90 Å². The Bertz CT molecular complexity index is 390. The number of aliphatic carboxylic acids is 1. The number of rotatable bonds is 4. The number of nitrogens with zero attached hydrogens (tertiary/aromatic N) is 2. The van der Waals surface area contributed by atoms with E-state index >= 15 is 0 Å². The molecule has 17 heavy (non-hydrogen) atoms. The molecule has 1 aromatic heterocycles. The minimum Gasteiger partial charge on any atom is -0.481 e. The Hall–Kier alpha value is -1.01. The van der Waals surface area contributed by atoms with Gasteiger partial charge in [0.2, 0.25) is 0 Å². The highest BCUT2D eigenvalue weighted by molar-refractivity contribution is 9.10. The highest BCUT2D eigenvalue weighted by Gasteiger charge is 2.31. The molecule has 0 aromatic carbocycles. The smallest absolute Gasteiger partial charge is 0.307 e. The molecule has 1 aliphatic heterocycles. The van der Waals surface area contributed by atoms with Gasteiger partial charge in [0, 0.05) is 18.8 Å². The van der Waals surface area contributed by atoms with Gasteiger partial charge in [-0.3, -0.25) is 4.79 Å². The zero-order valence-electron chi connectivity index (χ0n) is 9.27. The van der Waals surface area contributed by atoms with Crippen molar-refractivity contribution in [2.75, 3.05) is 13.1 Å². The van der Waals surface area contributed by atoms with E-state index in [0.717, 1.165) is 24.0 Å². The third-order valence-electron chi connectivity index (χ3n) is 3.06. The number of aromatic nitrogens is 2. The molecule has 2 rings (SSSR count). The van der Waals surface area contributed by atoms with E-state index in [2.05, 4.69) is 31.2 Å². The van der Waals surface area contributed by atoms with Gasteiger partial charge in [0.25, 0.3) is 0 Å². The molecule has 0 saturated carbocycles. The predicted octanol–water partition coefficient (Wildman–Crippen LogP) is 1.09. The normalized spacial score (nSPS) is 21.4. The molecule has 92 valence electrons. The molecular formula is C11H14BrN3O2. The Morgan fingerprint density at radius 2 is 2.29 bits per heavy atom. The Morgan fingerprint density at radius 3 is 2.82 bits per heavy atom.